The molecule has 1 aromatic rings. The van der Waals surface area contributed by atoms with E-state index in [1.165, 1.54) is 6.42 Å². The van der Waals surface area contributed by atoms with Crippen LogP contribution in [0, 0.1) is 10.1 Å². The Balaban J connectivity index is 2.40. The van der Waals surface area contributed by atoms with Gasteiger partial charge in [-0.3, -0.25) is 10.1 Å². The van der Waals surface area contributed by atoms with Crippen LogP contribution in [-0.4, -0.2) is 28.5 Å². The van der Waals surface area contributed by atoms with Gasteiger partial charge in [0.05, 0.1) is 11.5 Å². The lowest BCUT2D eigenvalue weighted by molar-refractivity contribution is -0.385. The number of hydrogen-bond acceptors (Lipinski definition) is 6. The number of nitro groups is 1. The quantitative estimate of drug-likeness (QED) is 0.639. The van der Waals surface area contributed by atoms with Gasteiger partial charge in [-0.05, 0) is 19.3 Å². The van der Waals surface area contributed by atoms with Gasteiger partial charge in [-0.1, -0.05) is 26.2 Å². The predicted octanol–water partition coefficient (Wildman–Crippen LogP) is 3.26. The second-order valence-electron chi connectivity index (χ2n) is 5.27. The third-order valence-corrected chi connectivity index (χ3v) is 3.70. The highest BCUT2D eigenvalue weighted by atomic mass is 16.6. The van der Waals surface area contributed by atoms with Crippen LogP contribution < -0.4 is 10.1 Å². The van der Waals surface area contributed by atoms with Crippen LogP contribution in [0.4, 0.5) is 11.5 Å². The van der Waals surface area contributed by atoms with E-state index in [9.17, 15) is 10.1 Å². The van der Waals surface area contributed by atoms with Crippen molar-refractivity contribution < 1.29 is 9.66 Å². The summed E-state index contributed by atoms with van der Waals surface area (Å²) in [6.45, 7) is 2.36. The fourth-order valence-electron chi connectivity index (χ4n) is 2.63. The maximum atomic E-state index is 11.3. The van der Waals surface area contributed by atoms with Crippen molar-refractivity contribution in [2.75, 3.05) is 19.0 Å². The molecular weight excluding hydrogens is 272 g/mol. The maximum Gasteiger partial charge on any atom is 0.372 e. The van der Waals surface area contributed by atoms with E-state index < -0.39 is 4.92 Å². The monoisotopic (exact) mass is 294 g/mol. The van der Waals surface area contributed by atoms with Gasteiger partial charge in [0.15, 0.2) is 0 Å². The number of anilines is 1. The van der Waals surface area contributed by atoms with E-state index in [1.54, 1.807) is 7.05 Å². The fourth-order valence-corrected chi connectivity index (χ4v) is 2.63. The first-order valence-corrected chi connectivity index (χ1v) is 7.54. The minimum Gasteiger partial charge on any atom is -0.473 e. The standard InChI is InChI=1S/C14H22N4O3/c1-3-9-21-14-11(18(19)20)13(15-2)16-12(17-14)10-7-5-4-6-8-10/h10H,3-9H2,1-2H3,(H,15,16,17). The van der Waals surface area contributed by atoms with Gasteiger partial charge in [-0.15, -0.1) is 0 Å². The van der Waals surface area contributed by atoms with Crippen LogP contribution in [0.3, 0.4) is 0 Å². The Morgan fingerprint density at radius 2 is 2.05 bits per heavy atom. The Morgan fingerprint density at radius 1 is 1.33 bits per heavy atom. The first-order chi connectivity index (χ1) is 10.2. The molecule has 7 heteroatoms. The number of hydrogen-bond donors (Lipinski definition) is 1. The highest BCUT2D eigenvalue weighted by Crippen LogP contribution is 2.37. The highest BCUT2D eigenvalue weighted by Gasteiger charge is 2.28. The highest BCUT2D eigenvalue weighted by molar-refractivity contribution is 5.61. The largest absolute Gasteiger partial charge is 0.473 e. The van der Waals surface area contributed by atoms with Crippen molar-refractivity contribution in [3.8, 4) is 5.88 Å². The summed E-state index contributed by atoms with van der Waals surface area (Å²) >= 11 is 0. The number of rotatable bonds is 6. The molecule has 2 rings (SSSR count). The van der Waals surface area contributed by atoms with Gasteiger partial charge < -0.3 is 10.1 Å². The van der Waals surface area contributed by atoms with Crippen LogP contribution in [0.15, 0.2) is 0 Å². The van der Waals surface area contributed by atoms with E-state index in [-0.39, 0.29) is 23.3 Å². The van der Waals surface area contributed by atoms with E-state index in [2.05, 4.69) is 15.3 Å². The Hall–Kier alpha value is -1.92. The molecule has 0 bridgehead atoms. The summed E-state index contributed by atoms with van der Waals surface area (Å²) < 4.78 is 5.49. The van der Waals surface area contributed by atoms with Gasteiger partial charge in [0.2, 0.25) is 5.82 Å². The molecule has 1 aliphatic rings. The zero-order valence-electron chi connectivity index (χ0n) is 12.6. The van der Waals surface area contributed by atoms with Gasteiger partial charge in [-0.2, -0.15) is 4.98 Å². The van der Waals surface area contributed by atoms with Gasteiger partial charge in [0, 0.05) is 13.0 Å². The molecule has 0 aliphatic heterocycles. The molecule has 0 unspecified atom stereocenters. The molecule has 0 saturated heterocycles. The Labute approximate surface area is 124 Å². The molecular formula is C14H22N4O3. The van der Waals surface area contributed by atoms with Crippen molar-refractivity contribution in [1.82, 2.24) is 9.97 Å². The van der Waals surface area contributed by atoms with E-state index in [4.69, 9.17) is 4.74 Å². The maximum absolute atomic E-state index is 11.3. The van der Waals surface area contributed by atoms with Crippen molar-refractivity contribution >= 4 is 11.5 Å². The van der Waals surface area contributed by atoms with Gasteiger partial charge >= 0.3 is 5.69 Å². The van der Waals surface area contributed by atoms with Gasteiger partial charge in [-0.25, -0.2) is 4.98 Å². The average Bonchev–Trinajstić information content (AvgIpc) is 2.52. The molecule has 21 heavy (non-hydrogen) atoms. The van der Waals surface area contributed by atoms with E-state index >= 15 is 0 Å². The van der Waals surface area contributed by atoms with Crippen molar-refractivity contribution in [2.24, 2.45) is 0 Å². The smallest absolute Gasteiger partial charge is 0.372 e. The molecule has 1 aromatic heterocycles. The number of nitrogens with zero attached hydrogens (tertiary/aromatic N) is 3. The summed E-state index contributed by atoms with van der Waals surface area (Å²) in [5, 5.41) is 14.1. The molecule has 7 nitrogen and oxygen atoms in total. The van der Waals surface area contributed by atoms with Crippen LogP contribution >= 0.6 is 0 Å². The summed E-state index contributed by atoms with van der Waals surface area (Å²) in [5.41, 5.74) is -0.175. The molecule has 0 aromatic carbocycles. The van der Waals surface area contributed by atoms with Gasteiger partial charge in [0.1, 0.15) is 5.82 Å². The normalized spacial score (nSPS) is 15.7. The molecule has 0 radical (unpaired) electrons. The van der Waals surface area contributed by atoms with Crippen LogP contribution in [0.5, 0.6) is 5.88 Å². The molecule has 0 atom stereocenters. The van der Waals surface area contributed by atoms with Crippen LogP contribution in [0.2, 0.25) is 0 Å². The Bertz CT molecular complexity index is 501. The first-order valence-electron chi connectivity index (χ1n) is 7.54. The second kappa shape index (κ2) is 7.19. The van der Waals surface area contributed by atoms with E-state index in [0.717, 1.165) is 32.1 Å². The minimum absolute atomic E-state index is 0.0850. The predicted molar refractivity (Wildman–Crippen MR) is 79.8 cm³/mol. The van der Waals surface area contributed by atoms with Crippen LogP contribution in [0.25, 0.3) is 0 Å². The summed E-state index contributed by atoms with van der Waals surface area (Å²) in [7, 11) is 1.63. The lowest BCUT2D eigenvalue weighted by atomic mass is 9.88. The second-order valence-corrected chi connectivity index (χ2v) is 5.27. The van der Waals surface area contributed by atoms with Crippen molar-refractivity contribution in [2.45, 2.75) is 51.4 Å². The average molecular weight is 294 g/mol. The molecule has 116 valence electrons. The number of ether oxygens (including phenoxy) is 1. The lowest BCUT2D eigenvalue weighted by Gasteiger charge is -2.21. The molecule has 1 saturated carbocycles. The van der Waals surface area contributed by atoms with Crippen molar-refractivity contribution in [1.29, 1.82) is 0 Å². The van der Waals surface area contributed by atoms with Crippen LogP contribution in [0.1, 0.15) is 57.2 Å². The lowest BCUT2D eigenvalue weighted by Crippen LogP contribution is -2.13. The third kappa shape index (κ3) is 3.59. The summed E-state index contributed by atoms with van der Waals surface area (Å²) in [6, 6.07) is 0. The van der Waals surface area contributed by atoms with Crippen molar-refractivity contribution in [3.05, 3.63) is 15.9 Å². The third-order valence-electron chi connectivity index (χ3n) is 3.70. The van der Waals surface area contributed by atoms with Crippen LogP contribution in [-0.2, 0) is 0 Å². The fraction of sp³-hybridized carbons (Fsp3) is 0.714. The summed E-state index contributed by atoms with van der Waals surface area (Å²) in [5.74, 6) is 1.26. The number of aromatic nitrogens is 2. The Kier molecular flexibility index (Phi) is 5.30. The zero-order valence-corrected chi connectivity index (χ0v) is 12.6. The zero-order chi connectivity index (χ0) is 15.2. The van der Waals surface area contributed by atoms with E-state index in [1.807, 2.05) is 6.92 Å². The molecule has 1 fully saturated rings. The minimum atomic E-state index is -0.485. The molecule has 1 aliphatic carbocycles. The van der Waals surface area contributed by atoms with Crippen molar-refractivity contribution in [3.63, 3.8) is 0 Å². The molecule has 0 spiro atoms. The van der Waals surface area contributed by atoms with E-state index in [0.29, 0.717) is 12.4 Å². The summed E-state index contributed by atoms with van der Waals surface area (Å²) in [4.78, 5) is 19.5. The SMILES string of the molecule is CCCOc1nc(C2CCCCC2)nc(NC)c1[N+](=O)[O-]. The molecule has 1 N–H and O–H groups in total. The molecule has 0 amide bonds. The Morgan fingerprint density at radius 3 is 2.62 bits per heavy atom. The summed E-state index contributed by atoms with van der Waals surface area (Å²) in [6.07, 6.45) is 6.40. The van der Waals surface area contributed by atoms with Gasteiger partial charge in [0.25, 0.3) is 5.88 Å². The molecule has 1 heterocycles. The number of nitrogens with one attached hydrogen (secondary N) is 1. The topological polar surface area (TPSA) is 90.2 Å². The first kappa shape index (κ1) is 15.5.